The highest BCUT2D eigenvalue weighted by Gasteiger charge is 2.20. The van der Waals surface area contributed by atoms with E-state index in [1.165, 1.54) is 0 Å². The summed E-state index contributed by atoms with van der Waals surface area (Å²) in [5.41, 5.74) is 0.944. The Morgan fingerprint density at radius 2 is 1.83 bits per heavy atom. The molecule has 6 heteroatoms. The van der Waals surface area contributed by atoms with E-state index in [4.69, 9.17) is 11.6 Å². The van der Waals surface area contributed by atoms with Crippen molar-refractivity contribution in [2.24, 2.45) is 0 Å². The third-order valence-corrected chi connectivity index (χ3v) is 4.16. The summed E-state index contributed by atoms with van der Waals surface area (Å²) in [5.74, 6) is 0.0549. The Labute approximate surface area is 148 Å². The van der Waals surface area contributed by atoms with Gasteiger partial charge in [0.2, 0.25) is 11.8 Å². The average Bonchev–Trinajstić information content (AvgIpc) is 2.60. The molecule has 24 heavy (non-hydrogen) atoms. The third kappa shape index (κ3) is 5.98. The molecule has 0 atom stereocenters. The summed E-state index contributed by atoms with van der Waals surface area (Å²) in [6.45, 7) is 5.88. The van der Waals surface area contributed by atoms with Crippen molar-refractivity contribution in [2.75, 3.05) is 39.3 Å². The van der Waals surface area contributed by atoms with Gasteiger partial charge >= 0.3 is 0 Å². The summed E-state index contributed by atoms with van der Waals surface area (Å²) in [6.07, 6.45) is 4.32. The van der Waals surface area contributed by atoms with Gasteiger partial charge in [0, 0.05) is 43.8 Å². The molecule has 0 aliphatic carbocycles. The smallest absolute Gasteiger partial charge is 0.246 e. The van der Waals surface area contributed by atoms with Gasteiger partial charge in [-0.2, -0.15) is 0 Å². The normalized spacial score (nSPS) is 15.7. The van der Waals surface area contributed by atoms with Crippen LogP contribution in [0.2, 0.25) is 5.02 Å². The molecule has 0 aromatic heterocycles. The van der Waals surface area contributed by atoms with E-state index in [0.29, 0.717) is 31.2 Å². The first-order valence-corrected chi connectivity index (χ1v) is 8.68. The van der Waals surface area contributed by atoms with E-state index in [2.05, 4.69) is 10.2 Å². The molecule has 0 spiro atoms. The molecule has 0 saturated carbocycles. The van der Waals surface area contributed by atoms with E-state index in [1.807, 2.05) is 24.0 Å². The number of carbonyl (C=O) groups excluding carboxylic acids is 2. The van der Waals surface area contributed by atoms with Gasteiger partial charge in [0.25, 0.3) is 0 Å². The lowest BCUT2D eigenvalue weighted by Crippen LogP contribution is -2.50. The second kappa shape index (κ2) is 9.45. The molecule has 130 valence electrons. The summed E-state index contributed by atoms with van der Waals surface area (Å²) in [7, 11) is 0. The third-order valence-electron chi connectivity index (χ3n) is 3.91. The largest absolute Gasteiger partial charge is 0.355 e. The fourth-order valence-electron chi connectivity index (χ4n) is 2.50. The van der Waals surface area contributed by atoms with Gasteiger partial charge in [-0.3, -0.25) is 14.5 Å². The zero-order valence-electron chi connectivity index (χ0n) is 14.0. The number of hydrogen-bond acceptors (Lipinski definition) is 3. The fraction of sp³-hybridized carbons (Fsp3) is 0.444. The molecule has 1 N–H and O–H groups in total. The van der Waals surface area contributed by atoms with Crippen molar-refractivity contribution in [3.05, 3.63) is 40.9 Å². The van der Waals surface area contributed by atoms with E-state index >= 15 is 0 Å². The predicted octanol–water partition coefficient (Wildman–Crippen LogP) is 2.02. The van der Waals surface area contributed by atoms with Crippen LogP contribution in [0.3, 0.4) is 0 Å². The second-order valence-electron chi connectivity index (χ2n) is 5.84. The van der Waals surface area contributed by atoms with Crippen molar-refractivity contribution in [3.8, 4) is 0 Å². The Bertz CT molecular complexity index is 578. The SMILES string of the molecule is CCCNC(=O)CN1CCN(C(=O)/C=C/c2ccc(Cl)cc2)CC1. The van der Waals surface area contributed by atoms with Crippen molar-refractivity contribution in [1.29, 1.82) is 0 Å². The van der Waals surface area contributed by atoms with Crippen molar-refractivity contribution < 1.29 is 9.59 Å². The zero-order chi connectivity index (χ0) is 17.4. The number of benzene rings is 1. The van der Waals surface area contributed by atoms with Crippen molar-refractivity contribution in [1.82, 2.24) is 15.1 Å². The van der Waals surface area contributed by atoms with E-state index in [1.54, 1.807) is 24.3 Å². The molecule has 1 aliphatic heterocycles. The molecule has 2 rings (SSSR count). The van der Waals surface area contributed by atoms with Crippen molar-refractivity contribution in [3.63, 3.8) is 0 Å². The molecule has 0 radical (unpaired) electrons. The molecule has 1 aromatic rings. The van der Waals surface area contributed by atoms with Gasteiger partial charge < -0.3 is 10.2 Å². The number of carbonyl (C=O) groups is 2. The Balaban J connectivity index is 1.76. The molecule has 2 amide bonds. The summed E-state index contributed by atoms with van der Waals surface area (Å²) >= 11 is 5.84. The molecule has 0 unspecified atom stereocenters. The van der Waals surface area contributed by atoms with Gasteiger partial charge in [-0.25, -0.2) is 0 Å². The van der Waals surface area contributed by atoms with Crippen LogP contribution in [0.4, 0.5) is 0 Å². The van der Waals surface area contributed by atoms with Crippen LogP contribution in [0.5, 0.6) is 0 Å². The minimum Gasteiger partial charge on any atom is -0.355 e. The van der Waals surface area contributed by atoms with Crippen molar-refractivity contribution >= 4 is 29.5 Å². The molecule has 1 fully saturated rings. The van der Waals surface area contributed by atoms with E-state index in [0.717, 1.165) is 25.1 Å². The van der Waals surface area contributed by atoms with Gasteiger partial charge in [0.1, 0.15) is 0 Å². The van der Waals surface area contributed by atoms with Crippen LogP contribution in [0.1, 0.15) is 18.9 Å². The minimum absolute atomic E-state index is 0.0000320. The molecule has 1 heterocycles. The quantitative estimate of drug-likeness (QED) is 0.799. The Morgan fingerprint density at radius 3 is 2.46 bits per heavy atom. The minimum atomic E-state index is 0.0000320. The Kier molecular flexibility index (Phi) is 7.28. The summed E-state index contributed by atoms with van der Waals surface area (Å²) in [5, 5.41) is 3.55. The van der Waals surface area contributed by atoms with Gasteiger partial charge in [-0.1, -0.05) is 30.7 Å². The lowest BCUT2D eigenvalue weighted by molar-refractivity contribution is -0.128. The topological polar surface area (TPSA) is 52.7 Å². The molecule has 5 nitrogen and oxygen atoms in total. The first-order chi connectivity index (χ1) is 11.6. The summed E-state index contributed by atoms with van der Waals surface area (Å²) in [4.78, 5) is 27.8. The monoisotopic (exact) mass is 349 g/mol. The highest BCUT2D eigenvalue weighted by atomic mass is 35.5. The molecule has 1 aromatic carbocycles. The van der Waals surface area contributed by atoms with Crippen LogP contribution >= 0.6 is 11.6 Å². The lowest BCUT2D eigenvalue weighted by Gasteiger charge is -2.33. The van der Waals surface area contributed by atoms with Crippen LogP contribution in [-0.2, 0) is 9.59 Å². The number of hydrogen-bond donors (Lipinski definition) is 1. The van der Waals surface area contributed by atoms with Crippen LogP contribution in [-0.4, -0.2) is 60.9 Å². The number of nitrogens with zero attached hydrogens (tertiary/aromatic N) is 2. The second-order valence-corrected chi connectivity index (χ2v) is 6.27. The number of rotatable bonds is 6. The molecule has 1 saturated heterocycles. The van der Waals surface area contributed by atoms with E-state index in [-0.39, 0.29) is 11.8 Å². The fourth-order valence-corrected chi connectivity index (χ4v) is 2.62. The Morgan fingerprint density at radius 1 is 1.17 bits per heavy atom. The van der Waals surface area contributed by atoms with Gasteiger partial charge in [-0.15, -0.1) is 0 Å². The van der Waals surface area contributed by atoms with Gasteiger partial charge in [0.15, 0.2) is 0 Å². The highest BCUT2D eigenvalue weighted by molar-refractivity contribution is 6.30. The van der Waals surface area contributed by atoms with Crippen LogP contribution in [0, 0.1) is 0 Å². The zero-order valence-corrected chi connectivity index (χ0v) is 14.8. The van der Waals surface area contributed by atoms with Gasteiger partial charge in [0.05, 0.1) is 6.54 Å². The summed E-state index contributed by atoms with van der Waals surface area (Å²) in [6, 6.07) is 7.35. The maximum atomic E-state index is 12.2. The number of nitrogens with one attached hydrogen (secondary N) is 1. The van der Waals surface area contributed by atoms with E-state index < -0.39 is 0 Å². The van der Waals surface area contributed by atoms with E-state index in [9.17, 15) is 9.59 Å². The first kappa shape index (κ1) is 18.5. The van der Waals surface area contributed by atoms with Crippen LogP contribution < -0.4 is 5.32 Å². The van der Waals surface area contributed by atoms with Gasteiger partial charge in [-0.05, 0) is 30.2 Å². The highest BCUT2D eigenvalue weighted by Crippen LogP contribution is 2.11. The summed E-state index contributed by atoms with van der Waals surface area (Å²) < 4.78 is 0. The standard InChI is InChI=1S/C18H24ClN3O2/c1-2-9-20-17(23)14-21-10-12-22(13-11-21)18(24)8-5-15-3-6-16(19)7-4-15/h3-8H,2,9-14H2,1H3,(H,20,23)/b8-5+. The molecule has 0 bridgehead atoms. The molecular weight excluding hydrogens is 326 g/mol. The van der Waals surface area contributed by atoms with Crippen molar-refractivity contribution in [2.45, 2.75) is 13.3 Å². The predicted molar refractivity (Wildman–Crippen MR) is 96.8 cm³/mol. The molecule has 1 aliphatic rings. The van der Waals surface area contributed by atoms with Crippen LogP contribution in [0.25, 0.3) is 6.08 Å². The lowest BCUT2D eigenvalue weighted by atomic mass is 10.2. The number of piperazine rings is 1. The Hall–Kier alpha value is -1.85. The first-order valence-electron chi connectivity index (χ1n) is 8.30. The average molecular weight is 350 g/mol. The maximum Gasteiger partial charge on any atom is 0.246 e. The maximum absolute atomic E-state index is 12.2. The number of halogens is 1. The molecular formula is C18H24ClN3O2. The number of amides is 2. The van der Waals surface area contributed by atoms with Crippen LogP contribution in [0.15, 0.2) is 30.3 Å².